The van der Waals surface area contributed by atoms with Crippen LogP contribution in [0.15, 0.2) is 33.7 Å². The van der Waals surface area contributed by atoms with E-state index < -0.39 is 6.04 Å². The zero-order valence-electron chi connectivity index (χ0n) is 10.4. The van der Waals surface area contributed by atoms with Gasteiger partial charge in [0.1, 0.15) is 28.1 Å². The minimum absolute atomic E-state index is 0.0184. The number of imidazole rings is 1. The first kappa shape index (κ1) is 13.6. The van der Waals surface area contributed by atoms with Gasteiger partial charge in [-0.1, -0.05) is 0 Å². The molecule has 1 aliphatic heterocycles. The fraction of sp³-hybridized carbons (Fsp3) is 0.231. The number of halogens is 2. The van der Waals surface area contributed by atoms with Gasteiger partial charge in [0.25, 0.3) is 0 Å². The Morgan fingerprint density at radius 3 is 2.85 bits per heavy atom. The smallest absolute Gasteiger partial charge is 0.193 e. The van der Waals surface area contributed by atoms with E-state index in [1.165, 1.54) is 0 Å². The summed E-state index contributed by atoms with van der Waals surface area (Å²) < 4.78 is 8.36. The number of nitrogens with zero attached hydrogens (tertiary/aromatic N) is 2. The molecule has 0 amide bonds. The van der Waals surface area contributed by atoms with E-state index in [0.29, 0.717) is 20.3 Å². The van der Waals surface area contributed by atoms with Crippen LogP contribution in [0, 0.1) is 0 Å². The largest absolute Gasteiger partial charge is 0.505 e. The zero-order chi connectivity index (χ0) is 14.4. The molecule has 0 spiro atoms. The van der Waals surface area contributed by atoms with Crippen LogP contribution in [0.1, 0.15) is 23.3 Å². The molecule has 0 fully saturated rings. The Hall–Kier alpha value is -1.34. The topological polar surface area (TPSA) is 64.3 Å². The van der Waals surface area contributed by atoms with Gasteiger partial charge < -0.3 is 14.4 Å². The van der Waals surface area contributed by atoms with Crippen molar-refractivity contribution < 1.29 is 14.6 Å². The molecular formula is C13H10Br2N2O3. The summed E-state index contributed by atoms with van der Waals surface area (Å²) in [5.41, 5.74) is 0.429. The van der Waals surface area contributed by atoms with Crippen molar-refractivity contribution in [3.63, 3.8) is 0 Å². The van der Waals surface area contributed by atoms with Gasteiger partial charge in [0, 0.05) is 12.4 Å². The van der Waals surface area contributed by atoms with E-state index in [4.69, 9.17) is 4.74 Å². The molecule has 2 aromatic rings. The van der Waals surface area contributed by atoms with Gasteiger partial charge in [-0.3, -0.25) is 4.79 Å². The first-order valence-corrected chi connectivity index (χ1v) is 7.48. The van der Waals surface area contributed by atoms with E-state index in [1.807, 2.05) is 6.92 Å². The molecule has 0 saturated carbocycles. The number of Topliss-reactive ketones (excluding diaryl/α,β-unsaturated/α-hetero) is 1. The van der Waals surface area contributed by atoms with E-state index in [1.54, 1.807) is 29.4 Å². The van der Waals surface area contributed by atoms with Crippen LogP contribution in [0.2, 0.25) is 0 Å². The van der Waals surface area contributed by atoms with Gasteiger partial charge in [-0.25, -0.2) is 4.98 Å². The van der Waals surface area contributed by atoms with Crippen LogP contribution >= 0.6 is 31.9 Å². The van der Waals surface area contributed by atoms with Gasteiger partial charge >= 0.3 is 0 Å². The molecule has 1 aromatic carbocycles. The average molecular weight is 402 g/mol. The molecule has 5 nitrogen and oxygen atoms in total. The third kappa shape index (κ3) is 1.96. The van der Waals surface area contributed by atoms with E-state index in [-0.39, 0.29) is 17.6 Å². The summed E-state index contributed by atoms with van der Waals surface area (Å²) in [4.78, 5) is 16.7. The summed E-state index contributed by atoms with van der Waals surface area (Å²) in [5, 5.41) is 9.88. The van der Waals surface area contributed by atoms with Crippen LogP contribution in [-0.4, -0.2) is 26.5 Å². The Morgan fingerprint density at radius 2 is 2.20 bits per heavy atom. The predicted molar refractivity (Wildman–Crippen MR) is 79.2 cm³/mol. The fourth-order valence-electron chi connectivity index (χ4n) is 2.32. The maximum Gasteiger partial charge on any atom is 0.193 e. The third-order valence-corrected chi connectivity index (χ3v) is 4.62. The van der Waals surface area contributed by atoms with E-state index in [0.717, 1.165) is 0 Å². The highest BCUT2D eigenvalue weighted by atomic mass is 79.9. The molecule has 20 heavy (non-hydrogen) atoms. The maximum atomic E-state index is 12.7. The van der Waals surface area contributed by atoms with Crippen LogP contribution in [0.3, 0.4) is 0 Å². The Balaban J connectivity index is 2.15. The summed E-state index contributed by atoms with van der Waals surface area (Å²) >= 11 is 6.49. The number of ketones is 1. The average Bonchev–Trinajstić information content (AvgIpc) is 2.92. The van der Waals surface area contributed by atoms with Gasteiger partial charge in [0.2, 0.25) is 0 Å². The molecule has 0 aliphatic carbocycles. The van der Waals surface area contributed by atoms with E-state index >= 15 is 0 Å². The van der Waals surface area contributed by atoms with Crippen LogP contribution in [0.4, 0.5) is 0 Å². The number of phenolic OH excluding ortho intramolecular Hbond substituents is 1. The summed E-state index contributed by atoms with van der Waals surface area (Å²) in [7, 11) is 0. The Labute approximate surface area is 131 Å². The second kappa shape index (κ2) is 4.89. The minimum atomic E-state index is -0.464. The molecule has 0 radical (unpaired) electrons. The Kier molecular flexibility index (Phi) is 3.33. The molecule has 2 atom stereocenters. The van der Waals surface area contributed by atoms with Crippen molar-refractivity contribution >= 4 is 37.6 Å². The number of carbonyl (C=O) groups excluding carboxylic acids is 1. The normalized spacial score (nSPS) is 21.4. The summed E-state index contributed by atoms with van der Waals surface area (Å²) in [6.45, 7) is 1.82. The highest BCUT2D eigenvalue weighted by Gasteiger charge is 2.38. The number of hydrogen-bond acceptors (Lipinski definition) is 4. The molecule has 1 aliphatic rings. The molecule has 2 heterocycles. The number of aromatic nitrogens is 2. The highest BCUT2D eigenvalue weighted by molar-refractivity contribution is 9.11. The summed E-state index contributed by atoms with van der Waals surface area (Å²) in [5.74, 6) is 0.322. The number of hydrogen-bond donors (Lipinski definition) is 1. The SMILES string of the molecule is CC1Oc2c(cc(Br)c(O)c2Br)C(=O)C1n1ccnc1. The lowest BCUT2D eigenvalue weighted by Gasteiger charge is -2.31. The quantitative estimate of drug-likeness (QED) is 0.796. The Morgan fingerprint density at radius 1 is 1.45 bits per heavy atom. The molecular weight excluding hydrogens is 392 g/mol. The first-order chi connectivity index (χ1) is 9.50. The van der Waals surface area contributed by atoms with Gasteiger partial charge in [-0.05, 0) is 44.8 Å². The van der Waals surface area contributed by atoms with Gasteiger partial charge in [0.05, 0.1) is 16.4 Å². The van der Waals surface area contributed by atoms with Crippen molar-refractivity contribution in [3.05, 3.63) is 39.3 Å². The number of rotatable bonds is 1. The molecule has 3 rings (SSSR count). The van der Waals surface area contributed by atoms with Gasteiger partial charge in [0.15, 0.2) is 5.78 Å². The Bertz CT molecular complexity index is 685. The van der Waals surface area contributed by atoms with Crippen molar-refractivity contribution in [3.8, 4) is 11.5 Å². The standard InChI is InChI=1S/C13H10Br2N2O3/c1-6-10(17-3-2-16-5-17)11(18)7-4-8(14)12(19)9(15)13(7)20-6/h2-6,10,19H,1H3. The molecule has 0 bridgehead atoms. The molecule has 104 valence electrons. The highest BCUT2D eigenvalue weighted by Crippen LogP contribution is 2.46. The van der Waals surface area contributed by atoms with Gasteiger partial charge in [-0.2, -0.15) is 0 Å². The molecule has 2 unspecified atom stereocenters. The molecule has 7 heteroatoms. The third-order valence-electron chi connectivity index (χ3n) is 3.28. The second-order valence-corrected chi connectivity index (χ2v) is 6.19. The summed E-state index contributed by atoms with van der Waals surface area (Å²) in [6, 6.07) is 1.11. The zero-order valence-corrected chi connectivity index (χ0v) is 13.6. The van der Waals surface area contributed by atoms with E-state index in [2.05, 4.69) is 36.8 Å². The monoisotopic (exact) mass is 400 g/mol. The van der Waals surface area contributed by atoms with Crippen molar-refractivity contribution in [2.45, 2.75) is 19.1 Å². The number of aromatic hydroxyl groups is 1. The van der Waals surface area contributed by atoms with Crippen LogP contribution in [0.5, 0.6) is 11.5 Å². The first-order valence-electron chi connectivity index (χ1n) is 5.90. The minimum Gasteiger partial charge on any atom is -0.505 e. The molecule has 1 aromatic heterocycles. The van der Waals surface area contributed by atoms with Crippen molar-refractivity contribution in [2.75, 3.05) is 0 Å². The predicted octanol–water partition coefficient (Wildman–Crippen LogP) is 3.32. The van der Waals surface area contributed by atoms with E-state index in [9.17, 15) is 9.90 Å². The van der Waals surface area contributed by atoms with Crippen LogP contribution < -0.4 is 4.74 Å². The number of ether oxygens (including phenoxy) is 1. The van der Waals surface area contributed by atoms with Gasteiger partial charge in [-0.15, -0.1) is 0 Å². The fourth-order valence-corrected chi connectivity index (χ4v) is 3.54. The number of fused-ring (bicyclic) bond motifs is 1. The van der Waals surface area contributed by atoms with Crippen molar-refractivity contribution in [2.24, 2.45) is 0 Å². The lowest BCUT2D eigenvalue weighted by molar-refractivity contribution is 0.0715. The van der Waals surface area contributed by atoms with Crippen molar-refractivity contribution in [1.82, 2.24) is 9.55 Å². The maximum absolute atomic E-state index is 12.7. The molecule has 1 N–H and O–H groups in total. The van der Waals surface area contributed by atoms with Crippen LogP contribution in [0.25, 0.3) is 0 Å². The summed E-state index contributed by atoms with van der Waals surface area (Å²) in [6.07, 6.45) is 4.59. The molecule has 0 saturated heterocycles. The number of phenols is 1. The lowest BCUT2D eigenvalue weighted by atomic mass is 9.96. The number of benzene rings is 1. The lowest BCUT2D eigenvalue weighted by Crippen LogP contribution is -2.37. The second-order valence-electron chi connectivity index (χ2n) is 4.54. The number of carbonyl (C=O) groups is 1. The van der Waals surface area contributed by atoms with Crippen LogP contribution in [-0.2, 0) is 0 Å². The van der Waals surface area contributed by atoms with Crippen molar-refractivity contribution in [1.29, 1.82) is 0 Å².